The van der Waals surface area contributed by atoms with Crippen LogP contribution in [0.4, 0.5) is 0 Å². The molecular weight excluding hydrogens is 268 g/mol. The maximum atomic E-state index is 12.2. The lowest BCUT2D eigenvalue weighted by Gasteiger charge is -2.09. The molecule has 1 aromatic carbocycles. The SMILES string of the molecule is COc1ccc(-c2nc3c(c(=O)[nH]2)CCCCC3)cc1O. The van der Waals surface area contributed by atoms with Gasteiger partial charge in [-0.3, -0.25) is 4.79 Å². The number of hydrogen-bond donors (Lipinski definition) is 2. The normalized spacial score (nSPS) is 14.3. The van der Waals surface area contributed by atoms with Gasteiger partial charge in [-0.2, -0.15) is 0 Å². The van der Waals surface area contributed by atoms with Gasteiger partial charge in [0.15, 0.2) is 11.5 Å². The molecule has 0 amide bonds. The van der Waals surface area contributed by atoms with E-state index in [2.05, 4.69) is 9.97 Å². The molecule has 0 atom stereocenters. The minimum atomic E-state index is -0.0628. The summed E-state index contributed by atoms with van der Waals surface area (Å²) < 4.78 is 5.02. The Balaban J connectivity index is 2.07. The number of rotatable bonds is 2. The number of phenols is 1. The van der Waals surface area contributed by atoms with Crippen molar-refractivity contribution in [3.05, 3.63) is 39.8 Å². The van der Waals surface area contributed by atoms with E-state index in [4.69, 9.17) is 4.74 Å². The van der Waals surface area contributed by atoms with Crippen LogP contribution in [0.3, 0.4) is 0 Å². The highest BCUT2D eigenvalue weighted by molar-refractivity contribution is 5.60. The second kappa shape index (κ2) is 5.60. The molecule has 2 N–H and O–H groups in total. The smallest absolute Gasteiger partial charge is 0.254 e. The van der Waals surface area contributed by atoms with Crippen molar-refractivity contribution in [2.75, 3.05) is 7.11 Å². The van der Waals surface area contributed by atoms with Crippen LogP contribution >= 0.6 is 0 Å². The van der Waals surface area contributed by atoms with E-state index in [0.717, 1.165) is 43.4 Å². The second-order valence-corrected chi connectivity index (χ2v) is 5.29. The van der Waals surface area contributed by atoms with Crippen LogP contribution in [-0.4, -0.2) is 22.2 Å². The third-order valence-corrected chi connectivity index (χ3v) is 3.89. The van der Waals surface area contributed by atoms with Crippen molar-refractivity contribution in [3.8, 4) is 22.9 Å². The van der Waals surface area contributed by atoms with Crippen LogP contribution in [-0.2, 0) is 12.8 Å². The first-order valence-corrected chi connectivity index (χ1v) is 7.18. The first-order chi connectivity index (χ1) is 10.2. The van der Waals surface area contributed by atoms with E-state index in [0.29, 0.717) is 17.1 Å². The van der Waals surface area contributed by atoms with Gasteiger partial charge < -0.3 is 14.8 Å². The third kappa shape index (κ3) is 2.63. The summed E-state index contributed by atoms with van der Waals surface area (Å²) in [7, 11) is 1.50. The summed E-state index contributed by atoms with van der Waals surface area (Å²) in [6, 6.07) is 5.00. The molecule has 0 saturated heterocycles. The molecule has 0 radical (unpaired) electrons. The van der Waals surface area contributed by atoms with Gasteiger partial charge in [-0.15, -0.1) is 0 Å². The number of fused-ring (bicyclic) bond motifs is 1. The van der Waals surface area contributed by atoms with Gasteiger partial charge in [0.1, 0.15) is 5.82 Å². The number of benzene rings is 1. The van der Waals surface area contributed by atoms with E-state index in [9.17, 15) is 9.90 Å². The summed E-state index contributed by atoms with van der Waals surface area (Å²) in [5.41, 5.74) is 2.32. The van der Waals surface area contributed by atoms with Crippen molar-refractivity contribution >= 4 is 0 Å². The van der Waals surface area contributed by atoms with E-state index in [1.807, 2.05) is 0 Å². The lowest BCUT2D eigenvalue weighted by Crippen LogP contribution is -2.18. The number of aromatic hydroxyl groups is 1. The van der Waals surface area contributed by atoms with Crippen molar-refractivity contribution < 1.29 is 9.84 Å². The zero-order valence-corrected chi connectivity index (χ0v) is 12.0. The zero-order valence-electron chi connectivity index (χ0n) is 12.0. The largest absolute Gasteiger partial charge is 0.504 e. The average Bonchev–Trinajstić information content (AvgIpc) is 2.72. The Kier molecular flexibility index (Phi) is 3.64. The predicted octanol–water partition coefficient (Wildman–Crippen LogP) is 2.42. The highest BCUT2D eigenvalue weighted by atomic mass is 16.5. The maximum Gasteiger partial charge on any atom is 0.254 e. The fourth-order valence-electron chi connectivity index (χ4n) is 2.75. The maximum absolute atomic E-state index is 12.2. The number of aromatic amines is 1. The van der Waals surface area contributed by atoms with E-state index in [1.165, 1.54) is 7.11 Å². The molecule has 5 heteroatoms. The molecule has 0 bridgehead atoms. The summed E-state index contributed by atoms with van der Waals surface area (Å²) in [4.78, 5) is 19.7. The van der Waals surface area contributed by atoms with Gasteiger partial charge in [0.2, 0.25) is 0 Å². The van der Waals surface area contributed by atoms with Crippen LogP contribution in [0.15, 0.2) is 23.0 Å². The molecule has 1 heterocycles. The number of aryl methyl sites for hydroxylation is 1. The van der Waals surface area contributed by atoms with E-state index >= 15 is 0 Å². The van der Waals surface area contributed by atoms with Gasteiger partial charge in [-0.05, 0) is 43.9 Å². The fraction of sp³-hybridized carbons (Fsp3) is 0.375. The van der Waals surface area contributed by atoms with Crippen LogP contribution < -0.4 is 10.3 Å². The standard InChI is InChI=1S/C16H18N2O3/c1-21-14-8-7-10(9-13(14)19)15-17-12-6-4-2-3-5-11(12)16(20)18-15/h7-9,19H,2-6H2,1H3,(H,17,18,20). The average molecular weight is 286 g/mol. The molecule has 1 aliphatic carbocycles. The minimum absolute atomic E-state index is 0.0348. The number of hydrogen-bond acceptors (Lipinski definition) is 4. The third-order valence-electron chi connectivity index (χ3n) is 3.89. The first kappa shape index (κ1) is 13.7. The quantitative estimate of drug-likeness (QED) is 0.831. The number of phenolic OH excluding ortho intramolecular Hbond substituents is 1. The van der Waals surface area contributed by atoms with E-state index < -0.39 is 0 Å². The number of H-pyrrole nitrogens is 1. The Hall–Kier alpha value is -2.30. The van der Waals surface area contributed by atoms with Crippen molar-refractivity contribution in [1.29, 1.82) is 0 Å². The van der Waals surface area contributed by atoms with Crippen molar-refractivity contribution in [1.82, 2.24) is 9.97 Å². The number of aromatic nitrogens is 2. The lowest BCUT2D eigenvalue weighted by molar-refractivity contribution is 0.373. The molecule has 0 spiro atoms. The number of ether oxygens (including phenoxy) is 1. The van der Waals surface area contributed by atoms with Gasteiger partial charge in [-0.1, -0.05) is 6.42 Å². The number of methoxy groups -OCH3 is 1. The molecule has 1 aromatic heterocycles. The molecule has 21 heavy (non-hydrogen) atoms. The molecule has 1 aliphatic rings. The Morgan fingerprint density at radius 2 is 2.05 bits per heavy atom. The Morgan fingerprint density at radius 3 is 2.81 bits per heavy atom. The van der Waals surface area contributed by atoms with Gasteiger partial charge in [0.25, 0.3) is 5.56 Å². The van der Waals surface area contributed by atoms with Crippen LogP contribution in [0, 0.1) is 0 Å². The summed E-state index contributed by atoms with van der Waals surface area (Å²) >= 11 is 0. The van der Waals surface area contributed by atoms with Gasteiger partial charge >= 0.3 is 0 Å². The first-order valence-electron chi connectivity index (χ1n) is 7.18. The number of nitrogens with one attached hydrogen (secondary N) is 1. The molecule has 0 aliphatic heterocycles. The Bertz CT molecular complexity index is 722. The minimum Gasteiger partial charge on any atom is -0.504 e. The van der Waals surface area contributed by atoms with Crippen molar-refractivity contribution in [2.24, 2.45) is 0 Å². The molecule has 3 rings (SSSR count). The van der Waals surface area contributed by atoms with E-state index in [-0.39, 0.29) is 11.3 Å². The topological polar surface area (TPSA) is 75.2 Å². The molecule has 2 aromatic rings. The van der Waals surface area contributed by atoms with Gasteiger partial charge in [-0.25, -0.2) is 4.98 Å². The van der Waals surface area contributed by atoms with Crippen LogP contribution in [0.25, 0.3) is 11.4 Å². The molecule has 0 unspecified atom stereocenters. The molecule has 110 valence electrons. The van der Waals surface area contributed by atoms with Crippen LogP contribution in [0.1, 0.15) is 30.5 Å². The fourth-order valence-corrected chi connectivity index (χ4v) is 2.75. The van der Waals surface area contributed by atoms with Crippen molar-refractivity contribution in [3.63, 3.8) is 0 Å². The predicted molar refractivity (Wildman–Crippen MR) is 79.8 cm³/mol. The lowest BCUT2D eigenvalue weighted by atomic mass is 10.1. The molecule has 0 saturated carbocycles. The molecule has 5 nitrogen and oxygen atoms in total. The van der Waals surface area contributed by atoms with Crippen LogP contribution in [0.2, 0.25) is 0 Å². The molecule has 0 fully saturated rings. The highest BCUT2D eigenvalue weighted by Gasteiger charge is 2.15. The second-order valence-electron chi connectivity index (χ2n) is 5.29. The van der Waals surface area contributed by atoms with Crippen LogP contribution in [0.5, 0.6) is 11.5 Å². The van der Waals surface area contributed by atoms with Gasteiger partial charge in [0.05, 0.1) is 12.8 Å². The van der Waals surface area contributed by atoms with E-state index in [1.54, 1.807) is 18.2 Å². The summed E-state index contributed by atoms with van der Waals surface area (Å²) in [6.07, 6.45) is 4.88. The summed E-state index contributed by atoms with van der Waals surface area (Å²) in [6.45, 7) is 0. The number of nitrogens with zero attached hydrogens (tertiary/aromatic N) is 1. The zero-order chi connectivity index (χ0) is 14.8. The van der Waals surface area contributed by atoms with Crippen molar-refractivity contribution in [2.45, 2.75) is 32.1 Å². The summed E-state index contributed by atoms with van der Waals surface area (Å²) in [5.74, 6) is 0.932. The van der Waals surface area contributed by atoms with Gasteiger partial charge in [0, 0.05) is 11.1 Å². The Labute approximate surface area is 122 Å². The Morgan fingerprint density at radius 1 is 1.24 bits per heavy atom. The monoisotopic (exact) mass is 286 g/mol. The highest BCUT2D eigenvalue weighted by Crippen LogP contribution is 2.30. The molecular formula is C16H18N2O3. The summed E-state index contributed by atoms with van der Waals surface area (Å²) in [5, 5.41) is 9.86.